The predicted molar refractivity (Wildman–Crippen MR) is 94.4 cm³/mol. The summed E-state index contributed by atoms with van der Waals surface area (Å²) in [5.74, 6) is -0.0409. The lowest BCUT2D eigenvalue weighted by atomic mass is 10.0. The van der Waals surface area contributed by atoms with Gasteiger partial charge in [-0.05, 0) is 42.7 Å². The quantitative estimate of drug-likeness (QED) is 0.562. The van der Waals surface area contributed by atoms with Crippen LogP contribution in [0.3, 0.4) is 0 Å². The van der Waals surface area contributed by atoms with Crippen LogP contribution in [0.5, 0.6) is 5.75 Å². The normalized spacial score (nSPS) is 15.4. The van der Waals surface area contributed by atoms with Crippen molar-refractivity contribution in [1.29, 1.82) is 0 Å². The highest BCUT2D eigenvalue weighted by Gasteiger charge is 2.26. The first-order valence-electron chi connectivity index (χ1n) is 7.97. The Hall–Kier alpha value is -2.77. The van der Waals surface area contributed by atoms with Gasteiger partial charge in [0.05, 0.1) is 0 Å². The van der Waals surface area contributed by atoms with Crippen LogP contribution >= 0.6 is 11.6 Å². The third kappa shape index (κ3) is 4.25. The second kappa shape index (κ2) is 8.07. The van der Waals surface area contributed by atoms with Crippen molar-refractivity contribution in [2.45, 2.75) is 25.6 Å². The first-order chi connectivity index (χ1) is 12.6. The van der Waals surface area contributed by atoms with Gasteiger partial charge in [0.1, 0.15) is 12.4 Å². The summed E-state index contributed by atoms with van der Waals surface area (Å²) in [5, 5.41) is 11.9. The van der Waals surface area contributed by atoms with Crippen LogP contribution in [-0.4, -0.2) is 23.3 Å². The molecule has 7 nitrogen and oxygen atoms in total. The van der Waals surface area contributed by atoms with E-state index in [2.05, 4.69) is 5.32 Å². The average Bonchev–Trinajstić information content (AvgIpc) is 2.66. The number of hydrogen-bond donors (Lipinski definition) is 3. The van der Waals surface area contributed by atoms with E-state index >= 15 is 0 Å². The van der Waals surface area contributed by atoms with Crippen molar-refractivity contribution in [2.24, 2.45) is 0 Å². The highest BCUT2D eigenvalue weighted by atomic mass is 35.5. The number of carbonyl (C=O) groups is 2. The van der Waals surface area contributed by atoms with E-state index in [9.17, 15) is 9.59 Å². The molecule has 2 aromatic rings. The summed E-state index contributed by atoms with van der Waals surface area (Å²) in [7, 11) is 0. The van der Waals surface area contributed by atoms with E-state index in [1.165, 1.54) is 0 Å². The lowest BCUT2D eigenvalue weighted by Crippen LogP contribution is -2.38. The Balaban J connectivity index is 1.58. The van der Waals surface area contributed by atoms with Crippen LogP contribution in [-0.2, 0) is 22.6 Å². The second-order valence-corrected chi connectivity index (χ2v) is 6.14. The van der Waals surface area contributed by atoms with Gasteiger partial charge in [0.15, 0.2) is 6.10 Å². The number of anilines is 1. The van der Waals surface area contributed by atoms with E-state index in [-0.39, 0.29) is 6.61 Å². The number of carbonyl (C=O) groups excluding carboxylic acids is 2. The van der Waals surface area contributed by atoms with Crippen molar-refractivity contribution in [1.82, 2.24) is 5.48 Å². The van der Waals surface area contributed by atoms with Crippen molar-refractivity contribution in [3.8, 4) is 5.75 Å². The molecule has 0 aliphatic carbocycles. The summed E-state index contributed by atoms with van der Waals surface area (Å²) in [6, 6.07) is 12.2. The highest BCUT2D eigenvalue weighted by molar-refractivity contribution is 6.31. The number of aryl methyl sites for hydroxylation is 1. The molecule has 0 radical (unpaired) electrons. The number of hydroxylamine groups is 1. The van der Waals surface area contributed by atoms with Gasteiger partial charge in [-0.25, -0.2) is 10.3 Å². The number of fused-ring (bicyclic) bond motifs is 1. The smallest absolute Gasteiger partial charge is 0.411 e. The standard InChI is InChI=1S/C18H17ClN2O5/c19-14-4-2-1-3-12(14)10-25-18(23)20-13-6-8-15-11(9-13)5-7-16(26-15)17(22)21-24/h1-4,6,8-9,16,24H,5,7,10H2,(H,20,23)(H,21,22). The summed E-state index contributed by atoms with van der Waals surface area (Å²) in [5.41, 5.74) is 3.72. The van der Waals surface area contributed by atoms with E-state index in [4.69, 9.17) is 26.3 Å². The van der Waals surface area contributed by atoms with Crippen molar-refractivity contribution in [3.63, 3.8) is 0 Å². The van der Waals surface area contributed by atoms with E-state index < -0.39 is 18.1 Å². The van der Waals surface area contributed by atoms with Crippen LogP contribution in [0.1, 0.15) is 17.5 Å². The molecule has 2 aromatic carbocycles. The average molecular weight is 377 g/mol. The van der Waals surface area contributed by atoms with E-state index in [1.807, 2.05) is 6.07 Å². The van der Waals surface area contributed by atoms with Gasteiger partial charge in [-0.2, -0.15) is 0 Å². The fourth-order valence-electron chi connectivity index (χ4n) is 2.64. The molecule has 0 saturated heterocycles. The molecule has 0 aromatic heterocycles. The van der Waals surface area contributed by atoms with E-state index in [0.717, 1.165) is 11.1 Å². The molecule has 0 bridgehead atoms. The van der Waals surface area contributed by atoms with Crippen LogP contribution in [0.4, 0.5) is 10.5 Å². The van der Waals surface area contributed by atoms with Crippen LogP contribution in [0.25, 0.3) is 0 Å². The van der Waals surface area contributed by atoms with Gasteiger partial charge in [0.25, 0.3) is 5.91 Å². The molecule has 1 unspecified atom stereocenters. The Morgan fingerprint density at radius 3 is 2.85 bits per heavy atom. The van der Waals surface area contributed by atoms with Gasteiger partial charge in [0.2, 0.25) is 0 Å². The van der Waals surface area contributed by atoms with Gasteiger partial charge >= 0.3 is 6.09 Å². The van der Waals surface area contributed by atoms with Crippen molar-refractivity contribution >= 4 is 29.3 Å². The minimum Gasteiger partial charge on any atom is -0.480 e. The molecule has 3 N–H and O–H groups in total. The zero-order valence-electron chi connectivity index (χ0n) is 13.7. The summed E-state index contributed by atoms with van der Waals surface area (Å²) in [6.07, 6.45) is -0.316. The Morgan fingerprint density at radius 1 is 1.27 bits per heavy atom. The second-order valence-electron chi connectivity index (χ2n) is 5.74. The maximum absolute atomic E-state index is 12.0. The molecular weight excluding hydrogens is 360 g/mol. The summed E-state index contributed by atoms with van der Waals surface area (Å²) in [6.45, 7) is 0.0670. The molecule has 0 spiro atoms. The molecule has 136 valence electrons. The molecule has 2 amide bonds. The van der Waals surface area contributed by atoms with Gasteiger partial charge in [-0.1, -0.05) is 29.8 Å². The van der Waals surface area contributed by atoms with Crippen LogP contribution < -0.4 is 15.5 Å². The Labute approximate surface area is 154 Å². The van der Waals surface area contributed by atoms with Crippen molar-refractivity contribution in [3.05, 3.63) is 58.6 Å². The third-order valence-electron chi connectivity index (χ3n) is 3.97. The molecule has 1 aliphatic rings. The molecule has 0 fully saturated rings. The van der Waals surface area contributed by atoms with Crippen molar-refractivity contribution in [2.75, 3.05) is 5.32 Å². The highest BCUT2D eigenvalue weighted by Crippen LogP contribution is 2.30. The first-order valence-corrected chi connectivity index (χ1v) is 8.35. The number of nitrogens with one attached hydrogen (secondary N) is 2. The maximum Gasteiger partial charge on any atom is 0.411 e. The molecule has 8 heteroatoms. The number of ether oxygens (including phenoxy) is 2. The molecule has 1 aliphatic heterocycles. The van der Waals surface area contributed by atoms with Gasteiger partial charge in [0, 0.05) is 16.3 Å². The molecule has 1 heterocycles. The molecule has 3 rings (SSSR count). The summed E-state index contributed by atoms with van der Waals surface area (Å²) >= 11 is 6.02. The van der Waals surface area contributed by atoms with E-state index in [0.29, 0.717) is 29.3 Å². The van der Waals surface area contributed by atoms with Gasteiger partial charge in [-0.3, -0.25) is 15.3 Å². The SMILES string of the molecule is O=C(Nc1ccc2c(c1)CCC(C(=O)NO)O2)OCc1ccccc1Cl. The zero-order valence-corrected chi connectivity index (χ0v) is 14.5. The number of amides is 2. The summed E-state index contributed by atoms with van der Waals surface area (Å²) in [4.78, 5) is 23.4. The largest absolute Gasteiger partial charge is 0.480 e. The van der Waals surface area contributed by atoms with E-state index in [1.54, 1.807) is 41.9 Å². The maximum atomic E-state index is 12.0. The lowest BCUT2D eigenvalue weighted by molar-refractivity contribution is -0.137. The zero-order chi connectivity index (χ0) is 18.5. The number of benzene rings is 2. The van der Waals surface area contributed by atoms with Crippen LogP contribution in [0, 0.1) is 0 Å². The fourth-order valence-corrected chi connectivity index (χ4v) is 2.83. The third-order valence-corrected chi connectivity index (χ3v) is 4.34. The molecule has 1 atom stereocenters. The summed E-state index contributed by atoms with van der Waals surface area (Å²) < 4.78 is 10.7. The number of halogens is 1. The van der Waals surface area contributed by atoms with Crippen LogP contribution in [0.15, 0.2) is 42.5 Å². The molecule has 26 heavy (non-hydrogen) atoms. The Kier molecular flexibility index (Phi) is 5.60. The number of rotatable bonds is 4. The minimum absolute atomic E-state index is 0.0670. The van der Waals surface area contributed by atoms with Crippen LogP contribution in [0.2, 0.25) is 5.02 Å². The minimum atomic E-state index is -0.730. The first kappa shape index (κ1) is 18.0. The van der Waals surface area contributed by atoms with Gasteiger partial charge in [-0.15, -0.1) is 0 Å². The molecular formula is C18H17ClN2O5. The number of hydrogen-bond acceptors (Lipinski definition) is 5. The fraction of sp³-hybridized carbons (Fsp3) is 0.222. The van der Waals surface area contributed by atoms with Gasteiger partial charge < -0.3 is 9.47 Å². The Bertz CT molecular complexity index is 827. The topological polar surface area (TPSA) is 96.9 Å². The Morgan fingerprint density at radius 2 is 2.08 bits per heavy atom. The predicted octanol–water partition coefficient (Wildman–Crippen LogP) is 3.29. The lowest BCUT2D eigenvalue weighted by Gasteiger charge is -2.24. The monoisotopic (exact) mass is 376 g/mol. The van der Waals surface area contributed by atoms with Crippen molar-refractivity contribution < 1.29 is 24.3 Å². The molecule has 0 saturated carbocycles.